The average molecular weight is 298 g/mol. The molecule has 90 valence electrons. The van der Waals surface area contributed by atoms with Gasteiger partial charge in [0.2, 0.25) is 0 Å². The first-order chi connectivity index (χ1) is 8.27. The van der Waals surface area contributed by atoms with Gasteiger partial charge in [0.15, 0.2) is 0 Å². The highest BCUT2D eigenvalue weighted by Crippen LogP contribution is 2.16. The van der Waals surface area contributed by atoms with Crippen molar-refractivity contribution in [3.05, 3.63) is 58.2 Å². The molecule has 0 fully saturated rings. The van der Waals surface area contributed by atoms with Crippen LogP contribution in [0.15, 0.2) is 45.5 Å². The summed E-state index contributed by atoms with van der Waals surface area (Å²) in [6.07, 6.45) is 2.31. The molecule has 0 saturated carbocycles. The van der Waals surface area contributed by atoms with Gasteiger partial charge in [-0.3, -0.25) is 0 Å². The molecule has 0 aliphatic carbocycles. The summed E-state index contributed by atoms with van der Waals surface area (Å²) in [6, 6.07) is 8.69. The Labute approximate surface area is 108 Å². The van der Waals surface area contributed by atoms with Gasteiger partial charge in [-0.2, -0.15) is 0 Å². The van der Waals surface area contributed by atoms with Crippen LogP contribution >= 0.6 is 15.9 Å². The van der Waals surface area contributed by atoms with Crippen LogP contribution in [0.1, 0.15) is 11.3 Å². The molecule has 1 aromatic heterocycles. The van der Waals surface area contributed by atoms with E-state index in [2.05, 4.69) is 21.2 Å². The predicted octanol–water partition coefficient (Wildman–Crippen LogP) is 3.51. The van der Waals surface area contributed by atoms with Crippen molar-refractivity contribution in [1.82, 2.24) is 5.32 Å². The topological polar surface area (TPSA) is 25.2 Å². The summed E-state index contributed by atoms with van der Waals surface area (Å²) >= 11 is 3.38. The van der Waals surface area contributed by atoms with E-state index in [9.17, 15) is 4.39 Å². The van der Waals surface area contributed by atoms with Crippen LogP contribution in [0.4, 0.5) is 4.39 Å². The highest BCUT2D eigenvalue weighted by Gasteiger charge is 2.03. The maximum atomic E-state index is 13.3. The number of nitrogens with one attached hydrogen (secondary N) is 1. The van der Waals surface area contributed by atoms with Gasteiger partial charge in [-0.05, 0) is 46.6 Å². The number of halogens is 2. The molecule has 2 aromatic rings. The van der Waals surface area contributed by atoms with Crippen LogP contribution in [0, 0.1) is 5.82 Å². The van der Waals surface area contributed by atoms with Gasteiger partial charge in [-0.1, -0.05) is 18.2 Å². The summed E-state index contributed by atoms with van der Waals surface area (Å²) in [5.74, 6) is 0.715. The highest BCUT2D eigenvalue weighted by atomic mass is 79.9. The van der Waals surface area contributed by atoms with E-state index < -0.39 is 0 Å². The van der Waals surface area contributed by atoms with Crippen molar-refractivity contribution in [1.29, 1.82) is 0 Å². The summed E-state index contributed by atoms with van der Waals surface area (Å²) in [5.41, 5.74) is 0.735. The molecular formula is C13H13BrFNO. The zero-order chi connectivity index (χ0) is 12.1. The van der Waals surface area contributed by atoms with Crippen LogP contribution in [0.5, 0.6) is 0 Å². The third-order valence-corrected chi connectivity index (χ3v) is 3.21. The zero-order valence-corrected chi connectivity index (χ0v) is 10.8. The fraction of sp³-hybridized carbons (Fsp3) is 0.231. The molecular weight excluding hydrogens is 285 g/mol. The van der Waals surface area contributed by atoms with Gasteiger partial charge in [-0.25, -0.2) is 4.39 Å². The molecule has 2 nitrogen and oxygen atoms in total. The first-order valence-electron chi connectivity index (χ1n) is 5.43. The first kappa shape index (κ1) is 12.3. The van der Waals surface area contributed by atoms with E-state index in [1.807, 2.05) is 12.1 Å². The van der Waals surface area contributed by atoms with Gasteiger partial charge in [0.25, 0.3) is 0 Å². The summed E-state index contributed by atoms with van der Waals surface area (Å²) in [6.45, 7) is 1.36. The molecule has 0 aliphatic heterocycles. The third kappa shape index (κ3) is 3.41. The minimum Gasteiger partial charge on any atom is -0.467 e. The highest BCUT2D eigenvalue weighted by molar-refractivity contribution is 9.10. The molecule has 0 spiro atoms. The molecule has 4 heteroatoms. The largest absolute Gasteiger partial charge is 0.467 e. The summed E-state index contributed by atoms with van der Waals surface area (Å²) in [4.78, 5) is 0. The fourth-order valence-electron chi connectivity index (χ4n) is 1.58. The second-order valence-corrected chi connectivity index (χ2v) is 4.56. The Balaban J connectivity index is 1.77. The first-order valence-corrected chi connectivity index (χ1v) is 6.22. The Hall–Kier alpha value is -1.13. The van der Waals surface area contributed by atoms with E-state index in [-0.39, 0.29) is 5.82 Å². The molecule has 0 amide bonds. The average Bonchev–Trinajstić information content (AvgIpc) is 2.73. The van der Waals surface area contributed by atoms with Crippen LogP contribution in [0.2, 0.25) is 0 Å². The van der Waals surface area contributed by atoms with Crippen molar-refractivity contribution in [2.24, 2.45) is 0 Å². The van der Waals surface area contributed by atoms with Crippen molar-refractivity contribution < 1.29 is 8.81 Å². The van der Waals surface area contributed by atoms with Crippen molar-refractivity contribution in [3.63, 3.8) is 0 Å². The van der Waals surface area contributed by atoms with Gasteiger partial charge in [0.05, 0.1) is 17.3 Å². The van der Waals surface area contributed by atoms with Gasteiger partial charge >= 0.3 is 0 Å². The van der Waals surface area contributed by atoms with Crippen molar-refractivity contribution in [2.45, 2.75) is 13.0 Å². The SMILES string of the molecule is Fc1ccccc1CCNCc1occc1Br. The second kappa shape index (κ2) is 5.98. The number of furan rings is 1. The van der Waals surface area contributed by atoms with Crippen molar-refractivity contribution in [2.75, 3.05) is 6.54 Å². The van der Waals surface area contributed by atoms with E-state index in [0.717, 1.165) is 15.8 Å². The third-order valence-electron chi connectivity index (χ3n) is 2.51. The van der Waals surface area contributed by atoms with Crippen LogP contribution in [0.25, 0.3) is 0 Å². The number of rotatable bonds is 5. The molecule has 1 aromatic carbocycles. The normalized spacial score (nSPS) is 10.7. The maximum absolute atomic E-state index is 13.3. The Bertz CT molecular complexity index is 484. The number of hydrogen-bond acceptors (Lipinski definition) is 2. The summed E-state index contributed by atoms with van der Waals surface area (Å²) in [5, 5.41) is 3.21. The van der Waals surface area contributed by atoms with Crippen LogP contribution in [-0.4, -0.2) is 6.54 Å². The van der Waals surface area contributed by atoms with Gasteiger partial charge < -0.3 is 9.73 Å². The number of benzene rings is 1. The molecule has 0 aliphatic rings. The van der Waals surface area contributed by atoms with E-state index in [4.69, 9.17) is 4.42 Å². The molecule has 1 heterocycles. The van der Waals surface area contributed by atoms with E-state index in [0.29, 0.717) is 19.5 Å². The Morgan fingerprint density at radius 1 is 1.24 bits per heavy atom. The Kier molecular flexibility index (Phi) is 4.34. The quantitative estimate of drug-likeness (QED) is 0.855. The lowest BCUT2D eigenvalue weighted by atomic mass is 10.1. The monoisotopic (exact) mass is 297 g/mol. The van der Waals surface area contributed by atoms with Crippen LogP contribution in [-0.2, 0) is 13.0 Å². The predicted molar refractivity (Wildman–Crippen MR) is 68.2 cm³/mol. The van der Waals surface area contributed by atoms with Crippen molar-refractivity contribution >= 4 is 15.9 Å². The maximum Gasteiger partial charge on any atom is 0.131 e. The molecule has 1 N–H and O–H groups in total. The molecule has 2 rings (SSSR count). The lowest BCUT2D eigenvalue weighted by Crippen LogP contribution is -2.17. The molecule has 0 bridgehead atoms. The zero-order valence-electron chi connectivity index (χ0n) is 9.25. The van der Waals surface area contributed by atoms with Crippen LogP contribution < -0.4 is 5.32 Å². The van der Waals surface area contributed by atoms with Crippen LogP contribution in [0.3, 0.4) is 0 Å². The molecule has 0 unspecified atom stereocenters. The van der Waals surface area contributed by atoms with E-state index in [1.54, 1.807) is 18.4 Å². The standard InChI is InChI=1S/C13H13BrFNO/c14-11-6-8-17-13(11)9-16-7-5-10-3-1-2-4-12(10)15/h1-4,6,8,16H,5,7,9H2. The molecule has 0 atom stereocenters. The van der Waals surface area contributed by atoms with Gasteiger partial charge in [-0.15, -0.1) is 0 Å². The minimum absolute atomic E-state index is 0.145. The molecule has 0 radical (unpaired) electrons. The van der Waals surface area contributed by atoms with Gasteiger partial charge in [0, 0.05) is 0 Å². The second-order valence-electron chi connectivity index (χ2n) is 3.71. The number of hydrogen-bond donors (Lipinski definition) is 1. The van der Waals surface area contributed by atoms with E-state index >= 15 is 0 Å². The molecule has 17 heavy (non-hydrogen) atoms. The summed E-state index contributed by atoms with van der Waals surface area (Å²) < 4.78 is 19.5. The lowest BCUT2D eigenvalue weighted by molar-refractivity contribution is 0.481. The van der Waals surface area contributed by atoms with Gasteiger partial charge in [0.1, 0.15) is 11.6 Å². The van der Waals surface area contributed by atoms with Crippen molar-refractivity contribution in [3.8, 4) is 0 Å². The summed E-state index contributed by atoms with van der Waals surface area (Å²) in [7, 11) is 0. The smallest absolute Gasteiger partial charge is 0.131 e. The molecule has 0 saturated heterocycles. The Morgan fingerprint density at radius 2 is 2.06 bits per heavy atom. The minimum atomic E-state index is -0.145. The van der Waals surface area contributed by atoms with E-state index in [1.165, 1.54) is 6.07 Å². The lowest BCUT2D eigenvalue weighted by Gasteiger charge is -2.04. The Morgan fingerprint density at radius 3 is 2.76 bits per heavy atom. The fourth-order valence-corrected chi connectivity index (χ4v) is 1.92.